The normalized spacial score (nSPS) is 15.2. The number of ether oxygens (including phenoxy) is 1. The highest BCUT2D eigenvalue weighted by Crippen LogP contribution is 2.39. The molecular weight excluding hydrogens is 427 g/mol. The van der Waals surface area contributed by atoms with Gasteiger partial charge in [0.05, 0.1) is 18.9 Å². The molecular formula is C21H22F3N5O3. The average Bonchev–Trinajstić information content (AvgIpc) is 3.54. The maximum absolute atomic E-state index is 12.6. The molecule has 0 aromatic carbocycles. The van der Waals surface area contributed by atoms with Crippen LogP contribution in [0.1, 0.15) is 57.7 Å². The Labute approximate surface area is 181 Å². The molecule has 3 aromatic rings. The van der Waals surface area contributed by atoms with E-state index in [1.807, 2.05) is 6.20 Å². The minimum atomic E-state index is -4.54. The minimum Gasteiger partial charge on any atom is -0.386 e. The fraction of sp³-hybridized carbons (Fsp3) is 0.429. The molecule has 170 valence electrons. The van der Waals surface area contributed by atoms with Crippen LogP contribution in [0.15, 0.2) is 30.7 Å². The average molecular weight is 449 g/mol. The maximum atomic E-state index is 12.6. The molecule has 1 atom stereocenters. The van der Waals surface area contributed by atoms with Crippen LogP contribution in [-0.4, -0.2) is 50.4 Å². The first-order chi connectivity index (χ1) is 15.2. The summed E-state index contributed by atoms with van der Waals surface area (Å²) in [5.41, 5.74) is 1.73. The van der Waals surface area contributed by atoms with Gasteiger partial charge in [-0.3, -0.25) is 9.78 Å². The molecule has 3 aromatic heterocycles. The number of amides is 1. The summed E-state index contributed by atoms with van der Waals surface area (Å²) in [5, 5.41) is 17.1. The molecule has 0 radical (unpaired) electrons. The second-order valence-corrected chi connectivity index (χ2v) is 7.71. The zero-order valence-corrected chi connectivity index (χ0v) is 17.3. The SMILES string of the molecule is Cc1nn2cc(C3CC3)cnc2c1C(=O)NCCOC[C@@H](O)c1ccc(C(F)(F)F)nc1. The standard InChI is InChI=1S/C21H22F3N5O3/c1-12-18(19-27-9-15(13-2-3-13)10-29(19)28-12)20(31)25-6-7-32-11-16(30)14-4-5-17(26-8-14)21(22,23)24/h4-5,8-10,13,16,30H,2-3,6-7,11H2,1H3,(H,25,31)/t16-/m1/s1. The predicted octanol–water partition coefficient (Wildman–Crippen LogP) is 2.81. The molecule has 0 saturated heterocycles. The van der Waals surface area contributed by atoms with Crippen LogP contribution in [0.4, 0.5) is 13.2 Å². The van der Waals surface area contributed by atoms with Crippen molar-refractivity contribution in [2.24, 2.45) is 0 Å². The van der Waals surface area contributed by atoms with Gasteiger partial charge in [-0.2, -0.15) is 18.3 Å². The summed E-state index contributed by atoms with van der Waals surface area (Å²) in [6, 6.07) is 1.96. The van der Waals surface area contributed by atoms with Crippen molar-refractivity contribution in [3.05, 3.63) is 58.8 Å². The van der Waals surface area contributed by atoms with E-state index < -0.39 is 18.0 Å². The van der Waals surface area contributed by atoms with E-state index in [1.165, 1.54) is 0 Å². The monoisotopic (exact) mass is 449 g/mol. The number of pyridine rings is 1. The van der Waals surface area contributed by atoms with Crippen LogP contribution in [-0.2, 0) is 10.9 Å². The molecule has 1 fully saturated rings. The Hall–Kier alpha value is -3.05. The number of hydrogen-bond donors (Lipinski definition) is 2. The van der Waals surface area contributed by atoms with Gasteiger partial charge >= 0.3 is 6.18 Å². The number of aromatic nitrogens is 4. The number of aliphatic hydroxyl groups excluding tert-OH is 1. The van der Waals surface area contributed by atoms with E-state index in [4.69, 9.17) is 4.74 Å². The Balaban J connectivity index is 1.26. The van der Waals surface area contributed by atoms with Gasteiger partial charge in [-0.1, -0.05) is 6.07 Å². The van der Waals surface area contributed by atoms with Gasteiger partial charge in [0.25, 0.3) is 5.91 Å². The Morgan fingerprint density at radius 1 is 1.31 bits per heavy atom. The first kappa shape index (κ1) is 22.2. The number of hydrogen-bond acceptors (Lipinski definition) is 6. The fourth-order valence-electron chi connectivity index (χ4n) is 3.34. The van der Waals surface area contributed by atoms with E-state index in [1.54, 1.807) is 17.6 Å². The second-order valence-electron chi connectivity index (χ2n) is 7.71. The van der Waals surface area contributed by atoms with Crippen LogP contribution in [0, 0.1) is 6.92 Å². The van der Waals surface area contributed by atoms with Crippen molar-refractivity contribution < 1.29 is 27.8 Å². The van der Waals surface area contributed by atoms with Gasteiger partial charge in [-0.25, -0.2) is 9.50 Å². The van der Waals surface area contributed by atoms with Gasteiger partial charge in [0.2, 0.25) is 0 Å². The molecule has 32 heavy (non-hydrogen) atoms. The molecule has 0 aliphatic heterocycles. The summed E-state index contributed by atoms with van der Waals surface area (Å²) in [4.78, 5) is 20.3. The number of aliphatic hydroxyl groups is 1. The van der Waals surface area contributed by atoms with Crippen LogP contribution >= 0.6 is 0 Å². The first-order valence-corrected chi connectivity index (χ1v) is 10.2. The van der Waals surface area contributed by atoms with Gasteiger partial charge in [0.15, 0.2) is 5.65 Å². The van der Waals surface area contributed by atoms with Crippen LogP contribution in [0.2, 0.25) is 0 Å². The third-order valence-corrected chi connectivity index (χ3v) is 5.21. The highest BCUT2D eigenvalue weighted by molar-refractivity contribution is 6.00. The van der Waals surface area contributed by atoms with Gasteiger partial charge in [-0.05, 0) is 37.3 Å². The quantitative estimate of drug-likeness (QED) is 0.513. The van der Waals surface area contributed by atoms with Crippen molar-refractivity contribution in [2.75, 3.05) is 19.8 Å². The Kier molecular flexibility index (Phi) is 6.11. The van der Waals surface area contributed by atoms with Crippen molar-refractivity contribution in [1.82, 2.24) is 24.9 Å². The van der Waals surface area contributed by atoms with Crippen molar-refractivity contribution in [3.8, 4) is 0 Å². The van der Waals surface area contributed by atoms with E-state index in [9.17, 15) is 23.1 Å². The van der Waals surface area contributed by atoms with Gasteiger partial charge in [0, 0.05) is 30.7 Å². The summed E-state index contributed by atoms with van der Waals surface area (Å²) >= 11 is 0. The minimum absolute atomic E-state index is 0.106. The number of nitrogens with one attached hydrogen (secondary N) is 1. The molecule has 3 heterocycles. The number of halogens is 3. The van der Waals surface area contributed by atoms with Crippen LogP contribution < -0.4 is 5.32 Å². The van der Waals surface area contributed by atoms with Gasteiger partial charge < -0.3 is 15.2 Å². The second kappa shape index (κ2) is 8.83. The Morgan fingerprint density at radius 2 is 2.09 bits per heavy atom. The van der Waals surface area contributed by atoms with Gasteiger partial charge in [-0.15, -0.1) is 0 Å². The van der Waals surface area contributed by atoms with E-state index in [-0.39, 0.29) is 31.2 Å². The van der Waals surface area contributed by atoms with E-state index in [0.717, 1.165) is 36.7 Å². The summed E-state index contributed by atoms with van der Waals surface area (Å²) < 4.78 is 44.6. The molecule has 1 saturated carbocycles. The van der Waals surface area contributed by atoms with E-state index in [2.05, 4.69) is 20.4 Å². The lowest BCUT2D eigenvalue weighted by atomic mass is 10.1. The summed E-state index contributed by atoms with van der Waals surface area (Å²) in [6.45, 7) is 1.87. The van der Waals surface area contributed by atoms with Crippen LogP contribution in [0.3, 0.4) is 0 Å². The molecule has 11 heteroatoms. The molecule has 1 amide bonds. The van der Waals surface area contributed by atoms with Crippen molar-refractivity contribution >= 4 is 11.6 Å². The molecule has 0 spiro atoms. The number of carbonyl (C=O) groups excluding carboxylic acids is 1. The smallest absolute Gasteiger partial charge is 0.386 e. The Morgan fingerprint density at radius 3 is 2.75 bits per heavy atom. The maximum Gasteiger partial charge on any atom is 0.433 e. The summed E-state index contributed by atoms with van der Waals surface area (Å²) in [6.07, 6.45) is 1.28. The number of aryl methyl sites for hydroxylation is 1. The lowest BCUT2D eigenvalue weighted by molar-refractivity contribution is -0.141. The molecule has 0 bridgehead atoms. The topological polar surface area (TPSA) is 102 Å². The van der Waals surface area contributed by atoms with Crippen LogP contribution in [0.5, 0.6) is 0 Å². The van der Waals surface area contributed by atoms with Gasteiger partial charge in [0.1, 0.15) is 17.4 Å². The third-order valence-electron chi connectivity index (χ3n) is 5.21. The van der Waals surface area contributed by atoms with Crippen molar-refractivity contribution in [2.45, 2.75) is 38.0 Å². The number of carbonyl (C=O) groups is 1. The fourth-order valence-corrected chi connectivity index (χ4v) is 3.34. The predicted molar refractivity (Wildman–Crippen MR) is 107 cm³/mol. The van der Waals surface area contributed by atoms with Crippen molar-refractivity contribution in [3.63, 3.8) is 0 Å². The zero-order valence-electron chi connectivity index (χ0n) is 17.3. The zero-order chi connectivity index (χ0) is 22.9. The lowest BCUT2D eigenvalue weighted by Crippen LogP contribution is -2.28. The number of alkyl halides is 3. The third kappa shape index (κ3) is 4.89. The molecule has 4 rings (SSSR count). The van der Waals surface area contributed by atoms with E-state index >= 15 is 0 Å². The molecule has 8 nitrogen and oxygen atoms in total. The lowest BCUT2D eigenvalue weighted by Gasteiger charge is -2.13. The number of fused-ring (bicyclic) bond motifs is 1. The number of nitrogens with zero attached hydrogens (tertiary/aromatic N) is 4. The molecule has 0 unspecified atom stereocenters. The largest absolute Gasteiger partial charge is 0.433 e. The van der Waals surface area contributed by atoms with Crippen molar-refractivity contribution in [1.29, 1.82) is 0 Å². The molecule has 1 aliphatic rings. The summed E-state index contributed by atoms with van der Waals surface area (Å²) in [5.74, 6) is 0.194. The highest BCUT2D eigenvalue weighted by Gasteiger charge is 2.32. The Bertz CT molecular complexity index is 1110. The van der Waals surface area contributed by atoms with E-state index in [0.29, 0.717) is 22.8 Å². The van der Waals surface area contributed by atoms with Crippen LogP contribution in [0.25, 0.3) is 5.65 Å². The number of rotatable bonds is 8. The molecule has 1 aliphatic carbocycles. The molecule has 2 N–H and O–H groups in total. The first-order valence-electron chi connectivity index (χ1n) is 10.2. The summed E-state index contributed by atoms with van der Waals surface area (Å²) in [7, 11) is 0. The highest BCUT2D eigenvalue weighted by atomic mass is 19.4.